The van der Waals surface area contributed by atoms with Gasteiger partial charge in [0.2, 0.25) is 11.8 Å². The topological polar surface area (TPSA) is 110 Å². The van der Waals surface area contributed by atoms with Crippen molar-refractivity contribution in [1.82, 2.24) is 10.2 Å². The Bertz CT molecular complexity index is 1180. The van der Waals surface area contributed by atoms with E-state index in [4.69, 9.17) is 4.18 Å². The van der Waals surface area contributed by atoms with Crippen LogP contribution in [-0.2, 0) is 30.4 Å². The average molecular weight is 475 g/mol. The molecule has 2 heterocycles. The molecule has 0 spiro atoms. The van der Waals surface area contributed by atoms with Crippen LogP contribution >= 0.6 is 11.8 Å². The molecule has 8 nitrogen and oxygen atoms in total. The second kappa shape index (κ2) is 9.05. The normalized spacial score (nSPS) is 18.6. The Morgan fingerprint density at radius 1 is 1.12 bits per heavy atom. The van der Waals surface area contributed by atoms with Crippen molar-refractivity contribution >= 4 is 39.6 Å². The molecule has 0 saturated carbocycles. The molecular formula is C22H22N2O6S2. The fraction of sp³-hybridized carbons (Fsp3) is 0.318. The van der Waals surface area contributed by atoms with E-state index < -0.39 is 22.1 Å². The van der Waals surface area contributed by atoms with Crippen molar-refractivity contribution in [3.8, 4) is 0 Å². The molecule has 1 unspecified atom stereocenters. The van der Waals surface area contributed by atoms with Crippen LogP contribution in [0.2, 0.25) is 0 Å². The van der Waals surface area contributed by atoms with Crippen LogP contribution in [0, 0.1) is 6.92 Å². The molecule has 3 amide bonds. The molecule has 1 atom stereocenters. The molecule has 2 aromatic rings. The lowest BCUT2D eigenvalue weighted by atomic mass is 10.0. The van der Waals surface area contributed by atoms with Crippen molar-refractivity contribution in [2.75, 3.05) is 12.4 Å². The van der Waals surface area contributed by atoms with Gasteiger partial charge in [-0.25, -0.2) is 0 Å². The highest BCUT2D eigenvalue weighted by Gasteiger charge is 2.39. The molecule has 1 fully saturated rings. The summed E-state index contributed by atoms with van der Waals surface area (Å²) in [6, 6.07) is 11.1. The summed E-state index contributed by atoms with van der Waals surface area (Å²) in [5.74, 6) is -0.651. The Hall–Kier alpha value is -2.69. The number of fused-ring (bicyclic) bond motifs is 1. The van der Waals surface area contributed by atoms with E-state index in [2.05, 4.69) is 5.32 Å². The van der Waals surface area contributed by atoms with E-state index in [1.807, 2.05) is 13.0 Å². The van der Waals surface area contributed by atoms with Crippen molar-refractivity contribution in [3.63, 3.8) is 0 Å². The molecule has 0 aliphatic carbocycles. The molecule has 32 heavy (non-hydrogen) atoms. The molecule has 1 N–H and O–H groups in total. The third-order valence-electron chi connectivity index (χ3n) is 5.43. The fourth-order valence-corrected chi connectivity index (χ4v) is 5.68. The van der Waals surface area contributed by atoms with Crippen molar-refractivity contribution in [2.24, 2.45) is 0 Å². The maximum absolute atomic E-state index is 12.9. The Labute approximate surface area is 190 Å². The third kappa shape index (κ3) is 4.57. The highest BCUT2D eigenvalue weighted by atomic mass is 32.2. The van der Waals surface area contributed by atoms with Crippen LogP contribution in [0.5, 0.6) is 0 Å². The predicted molar refractivity (Wildman–Crippen MR) is 118 cm³/mol. The molecule has 2 aliphatic rings. The minimum absolute atomic E-state index is 0.0185. The van der Waals surface area contributed by atoms with Gasteiger partial charge in [-0.05, 0) is 43.2 Å². The van der Waals surface area contributed by atoms with Gasteiger partial charge in [0, 0.05) is 29.2 Å². The molecule has 1 saturated heterocycles. The Morgan fingerprint density at radius 2 is 1.88 bits per heavy atom. The largest absolute Gasteiger partial charge is 0.322 e. The standard InChI is InChI=1S/C22H22N2O6S2/c1-14-5-7-15(8-6-14)32(28,29)30-11-12-31-19-4-2-3-16-17(19)13-24(22(16)27)18-9-10-20(25)23-21(18)26/h2-8,18H,9-13H2,1H3,(H,23,25,26). The fourth-order valence-electron chi connectivity index (χ4n) is 3.76. The number of nitrogens with zero attached hydrogens (tertiary/aromatic N) is 1. The maximum Gasteiger partial charge on any atom is 0.296 e. The van der Waals surface area contributed by atoms with Crippen molar-refractivity contribution in [2.45, 2.75) is 42.1 Å². The number of imide groups is 1. The Balaban J connectivity index is 1.39. The summed E-state index contributed by atoms with van der Waals surface area (Å²) in [6.07, 6.45) is 0.502. The number of carbonyl (C=O) groups is 3. The van der Waals surface area contributed by atoms with Gasteiger partial charge in [0.25, 0.3) is 16.0 Å². The Kier molecular flexibility index (Phi) is 6.36. The van der Waals surface area contributed by atoms with Gasteiger partial charge < -0.3 is 4.90 Å². The van der Waals surface area contributed by atoms with Crippen LogP contribution in [-0.4, -0.2) is 49.4 Å². The summed E-state index contributed by atoms with van der Waals surface area (Å²) < 4.78 is 29.8. The first kappa shape index (κ1) is 22.5. The second-order valence-electron chi connectivity index (χ2n) is 7.62. The molecule has 2 aromatic carbocycles. The van der Waals surface area contributed by atoms with Gasteiger partial charge in [0.15, 0.2) is 0 Å². The minimum atomic E-state index is -3.83. The highest BCUT2D eigenvalue weighted by molar-refractivity contribution is 7.99. The monoisotopic (exact) mass is 474 g/mol. The number of benzene rings is 2. The summed E-state index contributed by atoms with van der Waals surface area (Å²) >= 11 is 1.39. The average Bonchev–Trinajstić information content (AvgIpc) is 3.09. The zero-order valence-corrected chi connectivity index (χ0v) is 19.0. The number of amides is 3. The first-order chi connectivity index (χ1) is 15.3. The van der Waals surface area contributed by atoms with Crippen LogP contribution < -0.4 is 5.32 Å². The van der Waals surface area contributed by atoms with Gasteiger partial charge >= 0.3 is 0 Å². The number of hydrogen-bond donors (Lipinski definition) is 1. The molecule has 10 heteroatoms. The van der Waals surface area contributed by atoms with E-state index in [0.29, 0.717) is 17.7 Å². The van der Waals surface area contributed by atoms with E-state index in [1.165, 1.54) is 28.8 Å². The summed E-state index contributed by atoms with van der Waals surface area (Å²) in [7, 11) is -3.83. The van der Waals surface area contributed by atoms with Gasteiger partial charge in [0.05, 0.1) is 11.5 Å². The quantitative estimate of drug-likeness (QED) is 0.284. The van der Waals surface area contributed by atoms with Crippen molar-refractivity contribution < 1.29 is 27.0 Å². The van der Waals surface area contributed by atoms with Crippen LogP contribution in [0.25, 0.3) is 0 Å². The lowest BCUT2D eigenvalue weighted by molar-refractivity contribution is -0.136. The van der Waals surface area contributed by atoms with E-state index in [-0.39, 0.29) is 36.3 Å². The number of carbonyl (C=O) groups excluding carboxylic acids is 3. The summed E-state index contributed by atoms with van der Waals surface area (Å²) in [4.78, 5) is 38.9. The van der Waals surface area contributed by atoms with Gasteiger partial charge in [-0.1, -0.05) is 23.8 Å². The first-order valence-electron chi connectivity index (χ1n) is 10.1. The molecular weight excluding hydrogens is 452 g/mol. The maximum atomic E-state index is 12.9. The Morgan fingerprint density at radius 3 is 2.59 bits per heavy atom. The molecule has 2 aliphatic heterocycles. The van der Waals surface area contributed by atoms with Crippen molar-refractivity contribution in [1.29, 1.82) is 0 Å². The zero-order valence-electron chi connectivity index (χ0n) is 17.4. The smallest absolute Gasteiger partial charge is 0.296 e. The first-order valence-corrected chi connectivity index (χ1v) is 12.5. The minimum Gasteiger partial charge on any atom is -0.322 e. The van der Waals surface area contributed by atoms with Crippen molar-refractivity contribution in [3.05, 3.63) is 59.2 Å². The van der Waals surface area contributed by atoms with Crippen LogP contribution in [0.4, 0.5) is 0 Å². The van der Waals surface area contributed by atoms with Gasteiger partial charge in [-0.2, -0.15) is 8.42 Å². The van der Waals surface area contributed by atoms with Crippen LogP contribution in [0.3, 0.4) is 0 Å². The number of thioether (sulfide) groups is 1. The van der Waals surface area contributed by atoms with Crippen LogP contribution in [0.15, 0.2) is 52.3 Å². The number of rotatable bonds is 7. The SMILES string of the molecule is Cc1ccc(S(=O)(=O)OCCSc2cccc3c2CN(C2CCC(=O)NC2=O)C3=O)cc1. The molecule has 0 bridgehead atoms. The molecule has 0 radical (unpaired) electrons. The molecule has 168 valence electrons. The summed E-state index contributed by atoms with van der Waals surface area (Å²) in [6.45, 7) is 2.12. The molecule has 0 aromatic heterocycles. The van der Waals surface area contributed by atoms with E-state index in [1.54, 1.807) is 24.3 Å². The number of piperidine rings is 1. The van der Waals surface area contributed by atoms with Gasteiger partial charge in [-0.3, -0.25) is 23.9 Å². The zero-order chi connectivity index (χ0) is 22.9. The highest BCUT2D eigenvalue weighted by Crippen LogP contribution is 2.34. The number of aryl methyl sites for hydroxylation is 1. The summed E-state index contributed by atoms with van der Waals surface area (Å²) in [5.41, 5.74) is 2.28. The van der Waals surface area contributed by atoms with E-state index in [9.17, 15) is 22.8 Å². The van der Waals surface area contributed by atoms with Crippen LogP contribution in [0.1, 0.15) is 34.3 Å². The lowest BCUT2D eigenvalue weighted by Gasteiger charge is -2.29. The molecule has 4 rings (SSSR count). The second-order valence-corrected chi connectivity index (χ2v) is 10.4. The van der Waals surface area contributed by atoms with E-state index >= 15 is 0 Å². The van der Waals surface area contributed by atoms with Gasteiger partial charge in [-0.15, -0.1) is 11.8 Å². The van der Waals surface area contributed by atoms with Gasteiger partial charge in [0.1, 0.15) is 6.04 Å². The number of hydrogen-bond acceptors (Lipinski definition) is 7. The predicted octanol–water partition coefficient (Wildman–Crippen LogP) is 2.25. The lowest BCUT2D eigenvalue weighted by Crippen LogP contribution is -2.52. The number of nitrogens with one attached hydrogen (secondary N) is 1. The van der Waals surface area contributed by atoms with E-state index in [0.717, 1.165) is 16.0 Å². The third-order valence-corrected chi connectivity index (χ3v) is 7.82. The summed E-state index contributed by atoms with van der Waals surface area (Å²) in [5, 5.41) is 2.29.